The number of pyridine rings is 1. The Balaban J connectivity index is 1.67. The van der Waals surface area contributed by atoms with Crippen LogP contribution in [0.1, 0.15) is 22.6 Å². The molecule has 0 fully saturated rings. The standard InChI is InChI=1S/C27H24N4O4/c1-16-7-8-17(2)22(14-16)25-29-23(18(3)35-25)15-30-26(32)21-6-5-13-28-24(21)31(27(30)33)19-9-11-20(34-4)12-10-19/h5-14H,15H2,1-4H3. The second-order valence-electron chi connectivity index (χ2n) is 8.42. The van der Waals surface area contributed by atoms with Gasteiger partial charge in [-0.1, -0.05) is 17.7 Å². The molecule has 176 valence electrons. The highest BCUT2D eigenvalue weighted by Crippen LogP contribution is 2.26. The van der Waals surface area contributed by atoms with Gasteiger partial charge in [0, 0.05) is 11.8 Å². The number of hydrogen-bond donors (Lipinski definition) is 0. The molecule has 0 aliphatic rings. The Hall–Kier alpha value is -4.46. The lowest BCUT2D eigenvalue weighted by Gasteiger charge is -2.13. The molecule has 8 nitrogen and oxygen atoms in total. The van der Waals surface area contributed by atoms with Gasteiger partial charge >= 0.3 is 5.69 Å². The first-order valence-electron chi connectivity index (χ1n) is 11.2. The van der Waals surface area contributed by atoms with Crippen LogP contribution in [0, 0.1) is 20.8 Å². The number of benzene rings is 2. The first-order chi connectivity index (χ1) is 16.9. The van der Waals surface area contributed by atoms with E-state index in [4.69, 9.17) is 9.15 Å². The first kappa shape index (κ1) is 22.3. The number of aryl methyl sites for hydroxylation is 3. The Morgan fingerprint density at radius 3 is 2.51 bits per heavy atom. The number of methoxy groups -OCH3 is 1. The fraction of sp³-hybridized carbons (Fsp3) is 0.185. The van der Waals surface area contributed by atoms with E-state index < -0.39 is 11.2 Å². The third-order valence-electron chi connectivity index (χ3n) is 6.05. The number of ether oxygens (including phenoxy) is 1. The second kappa shape index (κ2) is 8.72. The van der Waals surface area contributed by atoms with Gasteiger partial charge in [-0.2, -0.15) is 0 Å². The number of rotatable bonds is 5. The number of aromatic nitrogens is 4. The highest BCUT2D eigenvalue weighted by Gasteiger charge is 2.19. The number of nitrogens with zero attached hydrogens (tertiary/aromatic N) is 4. The van der Waals surface area contributed by atoms with Gasteiger partial charge < -0.3 is 9.15 Å². The van der Waals surface area contributed by atoms with Gasteiger partial charge in [0.15, 0.2) is 5.65 Å². The average Bonchev–Trinajstić information content (AvgIpc) is 3.23. The number of fused-ring (bicyclic) bond motifs is 1. The summed E-state index contributed by atoms with van der Waals surface area (Å²) in [4.78, 5) is 36.0. The normalized spacial score (nSPS) is 11.2. The van der Waals surface area contributed by atoms with Crippen LogP contribution in [-0.4, -0.2) is 26.2 Å². The second-order valence-corrected chi connectivity index (χ2v) is 8.42. The minimum atomic E-state index is -0.512. The van der Waals surface area contributed by atoms with Crippen LogP contribution in [0.5, 0.6) is 5.75 Å². The van der Waals surface area contributed by atoms with Gasteiger partial charge in [-0.25, -0.2) is 19.3 Å². The summed E-state index contributed by atoms with van der Waals surface area (Å²) in [6.45, 7) is 5.75. The molecule has 0 unspecified atom stereocenters. The molecule has 8 heteroatoms. The van der Waals surface area contributed by atoms with E-state index in [0.29, 0.717) is 34.2 Å². The minimum Gasteiger partial charge on any atom is -0.497 e. The molecular formula is C27H24N4O4. The van der Waals surface area contributed by atoms with Crippen LogP contribution in [0.3, 0.4) is 0 Å². The van der Waals surface area contributed by atoms with E-state index in [0.717, 1.165) is 16.7 Å². The van der Waals surface area contributed by atoms with E-state index in [1.165, 1.54) is 9.13 Å². The summed E-state index contributed by atoms with van der Waals surface area (Å²) >= 11 is 0. The maximum Gasteiger partial charge on any atom is 0.337 e. The van der Waals surface area contributed by atoms with Crippen LogP contribution >= 0.6 is 0 Å². The van der Waals surface area contributed by atoms with E-state index >= 15 is 0 Å². The van der Waals surface area contributed by atoms with Crippen molar-refractivity contribution in [3.63, 3.8) is 0 Å². The van der Waals surface area contributed by atoms with Crippen molar-refractivity contribution < 1.29 is 9.15 Å². The Kier molecular flexibility index (Phi) is 5.56. The molecule has 0 aliphatic carbocycles. The number of hydrogen-bond acceptors (Lipinski definition) is 6. The highest BCUT2D eigenvalue weighted by atomic mass is 16.5. The fourth-order valence-corrected chi connectivity index (χ4v) is 4.10. The number of oxazole rings is 1. The third-order valence-corrected chi connectivity index (χ3v) is 6.05. The molecule has 0 aliphatic heterocycles. The van der Waals surface area contributed by atoms with Crippen molar-refractivity contribution in [3.05, 3.63) is 104 Å². The van der Waals surface area contributed by atoms with E-state index in [-0.39, 0.29) is 12.2 Å². The van der Waals surface area contributed by atoms with Gasteiger partial charge in [0.1, 0.15) is 17.2 Å². The zero-order chi connectivity index (χ0) is 24.7. The quantitative estimate of drug-likeness (QED) is 0.384. The molecule has 0 amide bonds. The van der Waals surface area contributed by atoms with Crippen LogP contribution in [-0.2, 0) is 6.54 Å². The van der Waals surface area contributed by atoms with Gasteiger partial charge in [0.2, 0.25) is 5.89 Å². The van der Waals surface area contributed by atoms with Gasteiger partial charge in [0.05, 0.1) is 24.7 Å². The largest absolute Gasteiger partial charge is 0.497 e. The lowest BCUT2D eigenvalue weighted by Crippen LogP contribution is -2.40. The molecule has 3 aromatic heterocycles. The first-order valence-corrected chi connectivity index (χ1v) is 11.2. The molecule has 0 atom stereocenters. The molecule has 0 saturated heterocycles. The summed E-state index contributed by atoms with van der Waals surface area (Å²) < 4.78 is 13.8. The van der Waals surface area contributed by atoms with Crippen molar-refractivity contribution in [2.24, 2.45) is 0 Å². The molecule has 2 aromatic carbocycles. The van der Waals surface area contributed by atoms with Crippen molar-refractivity contribution in [2.45, 2.75) is 27.3 Å². The maximum absolute atomic E-state index is 13.6. The highest BCUT2D eigenvalue weighted by molar-refractivity contribution is 5.75. The molecule has 0 bridgehead atoms. The van der Waals surface area contributed by atoms with Crippen LogP contribution in [0.2, 0.25) is 0 Å². The predicted molar refractivity (Wildman–Crippen MR) is 133 cm³/mol. The fourth-order valence-electron chi connectivity index (χ4n) is 4.10. The summed E-state index contributed by atoms with van der Waals surface area (Å²) in [6.07, 6.45) is 1.56. The Morgan fingerprint density at radius 2 is 1.77 bits per heavy atom. The molecular weight excluding hydrogens is 444 g/mol. The SMILES string of the molecule is COc1ccc(-n2c(=O)n(Cc3nc(-c4cc(C)ccc4C)oc3C)c(=O)c3cccnc32)cc1. The zero-order valence-electron chi connectivity index (χ0n) is 19.9. The summed E-state index contributed by atoms with van der Waals surface area (Å²) in [6, 6.07) is 16.4. The van der Waals surface area contributed by atoms with E-state index in [2.05, 4.69) is 9.97 Å². The van der Waals surface area contributed by atoms with E-state index in [1.54, 1.807) is 56.6 Å². The molecule has 0 saturated carbocycles. The van der Waals surface area contributed by atoms with E-state index in [9.17, 15) is 9.59 Å². The molecule has 0 radical (unpaired) electrons. The smallest absolute Gasteiger partial charge is 0.337 e. The summed E-state index contributed by atoms with van der Waals surface area (Å²) in [5.41, 5.74) is 3.43. The van der Waals surface area contributed by atoms with Crippen LogP contribution in [0.4, 0.5) is 0 Å². The van der Waals surface area contributed by atoms with Gasteiger partial charge in [0.25, 0.3) is 5.56 Å². The van der Waals surface area contributed by atoms with Gasteiger partial charge in [-0.3, -0.25) is 9.36 Å². The molecule has 5 aromatic rings. The minimum absolute atomic E-state index is 0.0289. The molecule has 0 spiro atoms. The topological polar surface area (TPSA) is 92.1 Å². The molecule has 0 N–H and O–H groups in total. The van der Waals surface area contributed by atoms with Crippen LogP contribution in [0.25, 0.3) is 28.2 Å². The predicted octanol–water partition coefficient (Wildman–Crippen LogP) is 4.18. The van der Waals surface area contributed by atoms with Gasteiger partial charge in [-0.15, -0.1) is 0 Å². The molecule has 5 rings (SSSR count). The van der Waals surface area contributed by atoms with Crippen LogP contribution in [0.15, 0.2) is 74.8 Å². The van der Waals surface area contributed by atoms with Crippen molar-refractivity contribution in [2.75, 3.05) is 7.11 Å². The summed E-state index contributed by atoms with van der Waals surface area (Å²) in [5.74, 6) is 1.67. The van der Waals surface area contributed by atoms with Crippen molar-refractivity contribution in [3.8, 4) is 22.9 Å². The zero-order valence-corrected chi connectivity index (χ0v) is 19.9. The average molecular weight is 469 g/mol. The lowest BCUT2D eigenvalue weighted by molar-refractivity contribution is 0.414. The van der Waals surface area contributed by atoms with Crippen molar-refractivity contribution in [1.82, 2.24) is 19.1 Å². The summed E-state index contributed by atoms with van der Waals surface area (Å²) in [5, 5.41) is 0.332. The maximum atomic E-state index is 13.6. The monoisotopic (exact) mass is 468 g/mol. The van der Waals surface area contributed by atoms with E-state index in [1.807, 2.05) is 32.0 Å². The Morgan fingerprint density at radius 1 is 1.00 bits per heavy atom. The molecule has 3 heterocycles. The Bertz CT molecular complexity index is 1680. The Labute approximate surface area is 201 Å². The van der Waals surface area contributed by atoms with Gasteiger partial charge in [-0.05, 0) is 68.8 Å². The summed E-state index contributed by atoms with van der Waals surface area (Å²) in [7, 11) is 1.57. The lowest BCUT2D eigenvalue weighted by atomic mass is 10.1. The van der Waals surface area contributed by atoms with Crippen LogP contribution < -0.4 is 16.0 Å². The van der Waals surface area contributed by atoms with Crippen molar-refractivity contribution in [1.29, 1.82) is 0 Å². The van der Waals surface area contributed by atoms with Crippen molar-refractivity contribution >= 4 is 11.0 Å². The molecule has 35 heavy (non-hydrogen) atoms. The third kappa shape index (κ3) is 3.93.